The van der Waals surface area contributed by atoms with Crippen molar-refractivity contribution in [1.29, 1.82) is 0 Å². The van der Waals surface area contributed by atoms with Crippen LogP contribution in [0.15, 0.2) is 4.99 Å². The van der Waals surface area contributed by atoms with Crippen LogP contribution in [0, 0.1) is 5.92 Å². The molecule has 2 rings (SSSR count). The molecule has 140 valence electrons. The Kier molecular flexibility index (Phi) is 8.65. The van der Waals surface area contributed by atoms with E-state index in [1.54, 1.807) is 0 Å². The van der Waals surface area contributed by atoms with E-state index in [-0.39, 0.29) is 41.5 Å². The first-order valence-electron chi connectivity index (χ1n) is 8.70. The number of rotatable bonds is 3. The number of nitrogens with one attached hydrogen (secondary N) is 1. The molecule has 1 amide bonds. The highest BCUT2D eigenvalue weighted by Gasteiger charge is 2.40. The van der Waals surface area contributed by atoms with E-state index in [0.29, 0.717) is 6.54 Å². The summed E-state index contributed by atoms with van der Waals surface area (Å²) in [5, 5.41) is 3.51. The third-order valence-corrected chi connectivity index (χ3v) is 5.79. The van der Waals surface area contributed by atoms with Crippen molar-refractivity contribution >= 4 is 47.6 Å². The molecule has 2 heterocycles. The molecule has 0 radical (unpaired) electrons. The van der Waals surface area contributed by atoms with Crippen LogP contribution in [-0.4, -0.2) is 71.4 Å². The van der Waals surface area contributed by atoms with Gasteiger partial charge in [0.2, 0.25) is 5.91 Å². The Bertz CT molecular complexity index is 450. The fourth-order valence-electron chi connectivity index (χ4n) is 3.83. The van der Waals surface area contributed by atoms with Crippen LogP contribution in [0.25, 0.3) is 0 Å². The maximum absolute atomic E-state index is 12.6. The Balaban J connectivity index is 0.00000288. The Hall–Kier alpha value is -0.180. The Morgan fingerprint density at radius 1 is 1.38 bits per heavy atom. The van der Waals surface area contributed by atoms with Crippen LogP contribution < -0.4 is 5.32 Å². The van der Waals surface area contributed by atoms with Crippen molar-refractivity contribution in [2.24, 2.45) is 10.9 Å². The second kappa shape index (κ2) is 9.50. The van der Waals surface area contributed by atoms with Crippen LogP contribution in [0.3, 0.4) is 0 Å². The molecule has 5 nitrogen and oxygen atoms in total. The van der Waals surface area contributed by atoms with Gasteiger partial charge in [-0.1, -0.05) is 0 Å². The Morgan fingerprint density at radius 3 is 2.50 bits per heavy atom. The summed E-state index contributed by atoms with van der Waals surface area (Å²) in [6.45, 7) is 10.7. The van der Waals surface area contributed by atoms with Crippen LogP contribution >= 0.6 is 35.7 Å². The molecule has 0 aromatic rings. The van der Waals surface area contributed by atoms with Gasteiger partial charge in [-0.05, 0) is 58.0 Å². The smallest absolute Gasteiger partial charge is 0.242 e. The first kappa shape index (κ1) is 21.9. The highest BCUT2D eigenvalue weighted by atomic mass is 127. The number of amides is 1. The number of nitrogens with zero attached hydrogens (tertiary/aromatic N) is 3. The number of halogens is 1. The Labute approximate surface area is 168 Å². The van der Waals surface area contributed by atoms with Crippen molar-refractivity contribution in [3.63, 3.8) is 0 Å². The third kappa shape index (κ3) is 5.41. The SMILES string of the molecule is CN=C(NCC1CCSCC1)N1CC(=O)N(C(C)C)C(C)(C)C1.I. The maximum atomic E-state index is 12.6. The maximum Gasteiger partial charge on any atom is 0.242 e. The number of carbonyl (C=O) groups excluding carboxylic acids is 1. The topological polar surface area (TPSA) is 47.9 Å². The monoisotopic (exact) mass is 468 g/mol. The van der Waals surface area contributed by atoms with Crippen LogP contribution in [-0.2, 0) is 4.79 Å². The summed E-state index contributed by atoms with van der Waals surface area (Å²) in [6, 6.07) is 0.231. The van der Waals surface area contributed by atoms with Gasteiger partial charge in [0.1, 0.15) is 0 Å². The van der Waals surface area contributed by atoms with Crippen molar-refractivity contribution in [2.75, 3.05) is 38.2 Å². The predicted molar refractivity (Wildman–Crippen MR) is 114 cm³/mol. The zero-order chi connectivity index (χ0) is 17.0. The summed E-state index contributed by atoms with van der Waals surface area (Å²) < 4.78 is 0. The molecule has 0 unspecified atom stereocenters. The van der Waals surface area contributed by atoms with Gasteiger partial charge < -0.3 is 15.1 Å². The van der Waals surface area contributed by atoms with Gasteiger partial charge in [-0.25, -0.2) is 0 Å². The minimum Gasteiger partial charge on any atom is -0.356 e. The molecule has 0 aliphatic carbocycles. The van der Waals surface area contributed by atoms with Crippen LogP contribution in [0.5, 0.6) is 0 Å². The van der Waals surface area contributed by atoms with E-state index in [2.05, 4.69) is 54.7 Å². The largest absolute Gasteiger partial charge is 0.356 e. The highest BCUT2D eigenvalue weighted by molar-refractivity contribution is 14.0. The first-order valence-corrected chi connectivity index (χ1v) is 9.86. The van der Waals surface area contributed by atoms with Gasteiger partial charge in [0.15, 0.2) is 5.96 Å². The van der Waals surface area contributed by atoms with Crippen molar-refractivity contribution in [1.82, 2.24) is 15.1 Å². The number of hydrogen-bond acceptors (Lipinski definition) is 3. The van der Waals surface area contributed by atoms with E-state index < -0.39 is 0 Å². The first-order chi connectivity index (χ1) is 10.8. The molecule has 0 aromatic carbocycles. The van der Waals surface area contributed by atoms with Gasteiger partial charge in [0.25, 0.3) is 0 Å². The minimum absolute atomic E-state index is 0. The average molecular weight is 468 g/mol. The van der Waals surface area contributed by atoms with Crippen LogP contribution in [0.1, 0.15) is 40.5 Å². The third-order valence-electron chi connectivity index (χ3n) is 4.74. The zero-order valence-corrected chi connectivity index (χ0v) is 18.8. The fraction of sp³-hybridized carbons (Fsp3) is 0.882. The molecule has 0 saturated carbocycles. The number of hydrogen-bond donors (Lipinski definition) is 1. The molecular formula is C17H33IN4OS. The molecule has 24 heavy (non-hydrogen) atoms. The van der Waals surface area contributed by atoms with Crippen molar-refractivity contribution in [3.8, 4) is 0 Å². The fourth-order valence-corrected chi connectivity index (χ4v) is 5.04. The summed E-state index contributed by atoms with van der Waals surface area (Å²) in [6.07, 6.45) is 2.56. The predicted octanol–water partition coefficient (Wildman–Crippen LogP) is 2.65. The molecule has 2 saturated heterocycles. The molecular weight excluding hydrogens is 435 g/mol. The van der Waals surface area contributed by atoms with Gasteiger partial charge in [0, 0.05) is 26.2 Å². The van der Waals surface area contributed by atoms with E-state index in [0.717, 1.165) is 25.0 Å². The summed E-state index contributed by atoms with van der Waals surface area (Å²) in [4.78, 5) is 21.1. The number of carbonyl (C=O) groups is 1. The molecule has 0 bridgehead atoms. The Morgan fingerprint density at radius 2 is 2.00 bits per heavy atom. The van der Waals surface area contributed by atoms with Crippen molar-refractivity contribution in [3.05, 3.63) is 0 Å². The highest BCUT2D eigenvalue weighted by Crippen LogP contribution is 2.25. The number of aliphatic imine (C=N–C) groups is 1. The van der Waals surface area contributed by atoms with Gasteiger partial charge in [-0.15, -0.1) is 24.0 Å². The summed E-state index contributed by atoms with van der Waals surface area (Å²) in [5.74, 6) is 4.32. The summed E-state index contributed by atoms with van der Waals surface area (Å²) >= 11 is 2.05. The van der Waals surface area contributed by atoms with E-state index in [1.165, 1.54) is 24.3 Å². The standard InChI is InChI=1S/C17H32N4OS.HI/c1-13(2)21-15(22)11-20(12-17(21,3)4)16(18-5)19-10-14-6-8-23-9-7-14;/h13-14H,6-12H2,1-5H3,(H,18,19);1H. The lowest BCUT2D eigenvalue weighted by molar-refractivity contribution is -0.145. The lowest BCUT2D eigenvalue weighted by atomic mass is 9.96. The normalized spacial score (nSPS) is 22.6. The van der Waals surface area contributed by atoms with Gasteiger partial charge in [0.05, 0.1) is 12.1 Å². The van der Waals surface area contributed by atoms with Crippen LogP contribution in [0.4, 0.5) is 0 Å². The zero-order valence-electron chi connectivity index (χ0n) is 15.7. The number of piperazine rings is 1. The molecule has 7 heteroatoms. The lowest BCUT2D eigenvalue weighted by Crippen LogP contribution is -2.66. The second-order valence-electron chi connectivity index (χ2n) is 7.51. The average Bonchev–Trinajstić information content (AvgIpc) is 2.46. The van der Waals surface area contributed by atoms with E-state index in [1.807, 2.05) is 11.9 Å². The van der Waals surface area contributed by atoms with E-state index >= 15 is 0 Å². The van der Waals surface area contributed by atoms with E-state index in [4.69, 9.17) is 0 Å². The van der Waals surface area contributed by atoms with Gasteiger partial charge in [-0.3, -0.25) is 9.79 Å². The summed E-state index contributed by atoms with van der Waals surface area (Å²) in [7, 11) is 1.81. The van der Waals surface area contributed by atoms with Gasteiger partial charge in [-0.2, -0.15) is 11.8 Å². The second-order valence-corrected chi connectivity index (χ2v) is 8.73. The van der Waals surface area contributed by atoms with E-state index in [9.17, 15) is 4.79 Å². The molecule has 0 aromatic heterocycles. The lowest BCUT2D eigenvalue weighted by Gasteiger charge is -2.49. The molecule has 2 aliphatic rings. The van der Waals surface area contributed by atoms with Crippen molar-refractivity contribution in [2.45, 2.75) is 52.1 Å². The summed E-state index contributed by atoms with van der Waals surface area (Å²) in [5.41, 5.74) is -0.178. The van der Waals surface area contributed by atoms with Crippen LogP contribution in [0.2, 0.25) is 0 Å². The number of guanidine groups is 1. The van der Waals surface area contributed by atoms with Crippen molar-refractivity contribution < 1.29 is 4.79 Å². The van der Waals surface area contributed by atoms with Gasteiger partial charge >= 0.3 is 0 Å². The minimum atomic E-state index is -0.178. The molecule has 1 N–H and O–H groups in total. The number of thioether (sulfide) groups is 1. The quantitative estimate of drug-likeness (QED) is 0.393. The molecule has 0 spiro atoms. The molecule has 2 fully saturated rings. The molecule has 0 atom stereocenters. The molecule has 2 aliphatic heterocycles.